The SMILES string of the molecule is Cc1ccn2c(=O)c(C(=O)O)nnc2c1. The molecule has 0 saturated carbocycles. The molecule has 0 atom stereocenters. The number of aromatic carboxylic acids is 1. The number of carbonyl (C=O) groups is 1. The molecule has 2 rings (SSSR count). The average Bonchev–Trinajstić information content (AvgIpc) is 2.17. The maximum atomic E-state index is 11.6. The van der Waals surface area contributed by atoms with Crippen molar-refractivity contribution in [2.24, 2.45) is 0 Å². The van der Waals surface area contributed by atoms with Crippen LogP contribution in [0.4, 0.5) is 0 Å². The van der Waals surface area contributed by atoms with Gasteiger partial charge in [0.2, 0.25) is 5.69 Å². The van der Waals surface area contributed by atoms with Gasteiger partial charge in [0.1, 0.15) is 0 Å². The highest BCUT2D eigenvalue weighted by molar-refractivity contribution is 5.84. The predicted molar refractivity (Wildman–Crippen MR) is 51.0 cm³/mol. The maximum absolute atomic E-state index is 11.6. The minimum Gasteiger partial charge on any atom is -0.476 e. The van der Waals surface area contributed by atoms with Crippen LogP contribution in [0.3, 0.4) is 0 Å². The van der Waals surface area contributed by atoms with Gasteiger partial charge in [0.05, 0.1) is 0 Å². The van der Waals surface area contributed by atoms with Crippen LogP contribution < -0.4 is 5.56 Å². The second kappa shape index (κ2) is 3.16. The molecule has 1 N–H and O–H groups in total. The van der Waals surface area contributed by atoms with Crippen molar-refractivity contribution >= 4 is 11.6 Å². The molecule has 0 aliphatic heterocycles. The van der Waals surface area contributed by atoms with Crippen molar-refractivity contribution in [3.8, 4) is 0 Å². The normalized spacial score (nSPS) is 10.5. The quantitative estimate of drug-likeness (QED) is 0.713. The number of hydrogen-bond donors (Lipinski definition) is 1. The van der Waals surface area contributed by atoms with E-state index in [9.17, 15) is 9.59 Å². The fourth-order valence-corrected chi connectivity index (χ4v) is 1.23. The van der Waals surface area contributed by atoms with E-state index in [0.29, 0.717) is 5.65 Å². The summed E-state index contributed by atoms with van der Waals surface area (Å²) >= 11 is 0. The first-order valence-electron chi connectivity index (χ1n) is 4.18. The number of rotatable bonds is 1. The van der Waals surface area contributed by atoms with Crippen molar-refractivity contribution in [3.63, 3.8) is 0 Å². The van der Waals surface area contributed by atoms with Crippen molar-refractivity contribution in [2.75, 3.05) is 0 Å². The third-order valence-electron chi connectivity index (χ3n) is 1.97. The van der Waals surface area contributed by atoms with Crippen LogP contribution in [-0.4, -0.2) is 25.7 Å². The molecule has 0 aliphatic carbocycles. The molecule has 2 heterocycles. The van der Waals surface area contributed by atoms with Crippen LogP contribution >= 0.6 is 0 Å². The number of hydrogen-bond acceptors (Lipinski definition) is 4. The van der Waals surface area contributed by atoms with Crippen molar-refractivity contribution in [1.29, 1.82) is 0 Å². The Hall–Kier alpha value is -2.24. The predicted octanol–water partition coefficient (Wildman–Crippen LogP) is 0.0961. The summed E-state index contributed by atoms with van der Waals surface area (Å²) in [5.41, 5.74) is 0.0145. The molecule has 0 unspecified atom stereocenters. The van der Waals surface area contributed by atoms with Gasteiger partial charge in [0.15, 0.2) is 5.65 Å². The van der Waals surface area contributed by atoms with Crippen molar-refractivity contribution in [1.82, 2.24) is 14.6 Å². The Morgan fingerprint density at radius 2 is 2.20 bits per heavy atom. The van der Waals surface area contributed by atoms with Gasteiger partial charge in [-0.15, -0.1) is 10.2 Å². The molecule has 0 amide bonds. The molecule has 0 aromatic carbocycles. The molecule has 15 heavy (non-hydrogen) atoms. The lowest BCUT2D eigenvalue weighted by Gasteiger charge is -2.00. The smallest absolute Gasteiger partial charge is 0.362 e. The number of nitrogens with zero attached hydrogens (tertiary/aromatic N) is 3. The Kier molecular flexibility index (Phi) is 1.96. The van der Waals surface area contributed by atoms with E-state index in [1.54, 1.807) is 12.1 Å². The van der Waals surface area contributed by atoms with E-state index in [2.05, 4.69) is 10.2 Å². The van der Waals surface area contributed by atoms with E-state index >= 15 is 0 Å². The topological polar surface area (TPSA) is 84.6 Å². The molecule has 2 aromatic rings. The summed E-state index contributed by atoms with van der Waals surface area (Å²) in [4.78, 5) is 22.2. The maximum Gasteiger partial charge on any atom is 0.362 e. The third-order valence-corrected chi connectivity index (χ3v) is 1.97. The summed E-state index contributed by atoms with van der Waals surface area (Å²) in [5.74, 6) is -1.37. The van der Waals surface area contributed by atoms with Crippen LogP contribution in [0.1, 0.15) is 16.1 Å². The van der Waals surface area contributed by atoms with E-state index in [1.165, 1.54) is 6.20 Å². The lowest BCUT2D eigenvalue weighted by atomic mass is 10.3. The van der Waals surface area contributed by atoms with E-state index in [0.717, 1.165) is 9.96 Å². The number of pyridine rings is 1. The first-order chi connectivity index (χ1) is 7.09. The minimum atomic E-state index is -1.37. The molecule has 6 nitrogen and oxygen atoms in total. The Labute approximate surface area is 83.8 Å². The summed E-state index contributed by atoms with van der Waals surface area (Å²) < 4.78 is 1.16. The standard InChI is InChI=1S/C9H7N3O3/c1-5-2-3-12-6(4-5)10-11-7(8(12)13)9(14)15/h2-4H,1H3,(H,14,15). The number of aromatic nitrogens is 3. The molecule has 0 saturated heterocycles. The van der Waals surface area contributed by atoms with Gasteiger partial charge < -0.3 is 5.11 Å². The highest BCUT2D eigenvalue weighted by Gasteiger charge is 2.13. The fourth-order valence-electron chi connectivity index (χ4n) is 1.23. The number of aryl methyl sites for hydroxylation is 1. The Balaban J connectivity index is 2.86. The number of fused-ring (bicyclic) bond motifs is 1. The lowest BCUT2D eigenvalue weighted by molar-refractivity contribution is 0.0687. The molecular weight excluding hydrogens is 198 g/mol. The zero-order chi connectivity index (χ0) is 11.0. The van der Waals surface area contributed by atoms with Crippen molar-refractivity contribution in [3.05, 3.63) is 39.9 Å². The monoisotopic (exact) mass is 205 g/mol. The number of carboxylic acid groups (broad SMARTS) is 1. The summed E-state index contributed by atoms with van der Waals surface area (Å²) in [6.45, 7) is 1.84. The van der Waals surface area contributed by atoms with E-state index in [4.69, 9.17) is 5.11 Å². The van der Waals surface area contributed by atoms with Crippen LogP contribution in [0, 0.1) is 6.92 Å². The lowest BCUT2D eigenvalue weighted by Crippen LogP contribution is -2.25. The Morgan fingerprint density at radius 1 is 1.47 bits per heavy atom. The second-order valence-corrected chi connectivity index (χ2v) is 3.09. The van der Waals surface area contributed by atoms with Crippen LogP contribution in [0.25, 0.3) is 5.65 Å². The summed E-state index contributed by atoms with van der Waals surface area (Å²) in [5, 5.41) is 15.7. The van der Waals surface area contributed by atoms with Crippen LogP contribution in [-0.2, 0) is 0 Å². The van der Waals surface area contributed by atoms with E-state index < -0.39 is 17.2 Å². The van der Waals surface area contributed by atoms with Crippen molar-refractivity contribution in [2.45, 2.75) is 6.92 Å². The zero-order valence-electron chi connectivity index (χ0n) is 7.84. The summed E-state index contributed by atoms with van der Waals surface area (Å²) in [6.07, 6.45) is 1.48. The van der Waals surface area contributed by atoms with Gasteiger partial charge in [-0.05, 0) is 24.6 Å². The fraction of sp³-hybridized carbons (Fsp3) is 0.111. The highest BCUT2D eigenvalue weighted by Crippen LogP contribution is 2.00. The van der Waals surface area contributed by atoms with E-state index in [-0.39, 0.29) is 0 Å². The first kappa shape index (κ1) is 9.32. The molecule has 6 heteroatoms. The summed E-state index contributed by atoms with van der Waals surface area (Å²) in [6, 6.07) is 3.35. The zero-order valence-corrected chi connectivity index (χ0v) is 7.84. The highest BCUT2D eigenvalue weighted by atomic mass is 16.4. The molecule has 0 aliphatic rings. The first-order valence-corrected chi connectivity index (χ1v) is 4.18. The second-order valence-electron chi connectivity index (χ2n) is 3.09. The van der Waals surface area contributed by atoms with Gasteiger partial charge in [0, 0.05) is 6.20 Å². The van der Waals surface area contributed by atoms with Gasteiger partial charge in [-0.1, -0.05) is 0 Å². The molecule has 2 aromatic heterocycles. The van der Waals surface area contributed by atoms with Gasteiger partial charge in [-0.25, -0.2) is 4.79 Å². The third kappa shape index (κ3) is 1.45. The Morgan fingerprint density at radius 3 is 2.87 bits per heavy atom. The van der Waals surface area contributed by atoms with Gasteiger partial charge in [0.25, 0.3) is 5.56 Å². The molecule has 76 valence electrons. The van der Waals surface area contributed by atoms with Crippen LogP contribution in [0.2, 0.25) is 0 Å². The largest absolute Gasteiger partial charge is 0.476 e. The molecule has 0 bridgehead atoms. The van der Waals surface area contributed by atoms with Crippen LogP contribution in [0.15, 0.2) is 23.1 Å². The molecular formula is C9H7N3O3. The molecule has 0 spiro atoms. The van der Waals surface area contributed by atoms with Crippen molar-refractivity contribution < 1.29 is 9.90 Å². The van der Waals surface area contributed by atoms with Gasteiger partial charge in [-0.3, -0.25) is 9.20 Å². The number of carboxylic acids is 1. The molecule has 0 fully saturated rings. The Bertz CT molecular complexity index is 603. The molecule has 0 radical (unpaired) electrons. The minimum absolute atomic E-state index is 0.338. The van der Waals surface area contributed by atoms with Crippen LogP contribution in [0.5, 0.6) is 0 Å². The van der Waals surface area contributed by atoms with Gasteiger partial charge in [-0.2, -0.15) is 0 Å². The van der Waals surface area contributed by atoms with Gasteiger partial charge >= 0.3 is 5.97 Å². The summed E-state index contributed by atoms with van der Waals surface area (Å²) in [7, 11) is 0. The van der Waals surface area contributed by atoms with E-state index in [1.807, 2.05) is 6.92 Å². The average molecular weight is 205 g/mol.